The number of ether oxygens (including phenoxy) is 1. The minimum absolute atomic E-state index is 0.130. The van der Waals surface area contributed by atoms with Gasteiger partial charge in [-0.15, -0.1) is 0 Å². The lowest BCUT2D eigenvalue weighted by atomic mass is 9.79. The van der Waals surface area contributed by atoms with E-state index in [0.717, 1.165) is 6.07 Å². The Morgan fingerprint density at radius 2 is 2.00 bits per heavy atom. The first kappa shape index (κ1) is 9.95. The molecule has 0 bridgehead atoms. The van der Waals surface area contributed by atoms with Crippen LogP contribution < -0.4 is 10.2 Å². The minimum Gasteiger partial charge on any atom is -0.500 e. The number of fused-ring (bicyclic) bond motifs is 1. The topological polar surface area (TPSA) is 25.0 Å². The zero-order valence-corrected chi connectivity index (χ0v) is 7.93. The molecule has 0 radical (unpaired) electrons. The summed E-state index contributed by atoms with van der Waals surface area (Å²) in [7, 11) is 1.24. The number of methoxy groups -OCH3 is 1. The molecule has 15 heavy (non-hydrogen) atoms. The molecule has 0 aliphatic carbocycles. The van der Waals surface area contributed by atoms with Gasteiger partial charge in [0.05, 0.1) is 12.9 Å². The highest BCUT2D eigenvalue weighted by atomic mass is 19.4. The van der Waals surface area contributed by atoms with E-state index >= 15 is 0 Å². The number of H-pyrrole nitrogens is 1. The molecule has 0 aliphatic heterocycles. The molecule has 0 amide bonds. The van der Waals surface area contributed by atoms with Gasteiger partial charge in [-0.3, -0.25) is 0 Å². The molecule has 6 heteroatoms. The van der Waals surface area contributed by atoms with Gasteiger partial charge in [-0.1, -0.05) is 11.5 Å². The van der Waals surface area contributed by atoms with Crippen molar-refractivity contribution in [3.8, 4) is 5.75 Å². The summed E-state index contributed by atoms with van der Waals surface area (Å²) in [6.45, 7) is -5.04. The van der Waals surface area contributed by atoms with Crippen molar-refractivity contribution in [1.29, 1.82) is 0 Å². The molecule has 0 fully saturated rings. The molecular weight excluding hydrogens is 206 g/mol. The lowest BCUT2D eigenvalue weighted by Gasteiger charge is -2.18. The third-order valence-corrected chi connectivity index (χ3v) is 2.26. The molecule has 2 nitrogen and oxygen atoms in total. The van der Waals surface area contributed by atoms with Crippen LogP contribution in [0.25, 0.3) is 10.9 Å². The molecule has 1 aromatic carbocycles. The van der Waals surface area contributed by atoms with E-state index < -0.39 is 12.4 Å². The normalized spacial score (nSPS) is 12.0. The zero-order chi connectivity index (χ0) is 11.1. The summed E-state index contributed by atoms with van der Waals surface area (Å²) in [5.74, 6) is -0.130. The molecule has 1 aromatic heterocycles. The van der Waals surface area contributed by atoms with E-state index in [1.165, 1.54) is 13.2 Å². The quantitative estimate of drug-likeness (QED) is 0.761. The monoisotopic (exact) mass is 214 g/mol. The van der Waals surface area contributed by atoms with Gasteiger partial charge < -0.3 is 22.7 Å². The van der Waals surface area contributed by atoms with Gasteiger partial charge in [0.15, 0.2) is 0 Å². The van der Waals surface area contributed by atoms with Gasteiger partial charge in [0.1, 0.15) is 0 Å². The summed E-state index contributed by atoms with van der Waals surface area (Å²) in [5.41, 5.74) is -0.238. The largest absolute Gasteiger partial charge is 0.513 e. The fraction of sp³-hybridized carbons (Fsp3) is 0.111. The molecule has 0 spiro atoms. The smallest absolute Gasteiger partial charge is 0.500 e. The summed E-state index contributed by atoms with van der Waals surface area (Å²) >= 11 is 0. The lowest BCUT2D eigenvalue weighted by Crippen LogP contribution is -2.35. The van der Waals surface area contributed by atoms with Gasteiger partial charge in [0.2, 0.25) is 0 Å². The standard InChI is InChI=1S/C9H8BF3NO/c1-15-9-4-6-2-3-14-8(6)5-7(9)10(11,12)13/h2-5,14H,1H3/q-1. The van der Waals surface area contributed by atoms with Crippen LogP contribution in [-0.2, 0) is 0 Å². The first-order chi connectivity index (χ1) is 7.02. The maximum absolute atomic E-state index is 12.6. The fourth-order valence-electron chi connectivity index (χ4n) is 1.53. The molecule has 2 aromatic rings. The Morgan fingerprint density at radius 3 is 2.60 bits per heavy atom. The van der Waals surface area contributed by atoms with Crippen LogP contribution in [0.5, 0.6) is 5.75 Å². The first-order valence-corrected chi connectivity index (χ1v) is 4.37. The lowest BCUT2D eigenvalue weighted by molar-refractivity contribution is 0.413. The van der Waals surface area contributed by atoms with Crippen molar-refractivity contribution >= 4 is 23.3 Å². The number of halogens is 3. The molecule has 0 saturated carbocycles. The van der Waals surface area contributed by atoms with Crippen LogP contribution in [-0.4, -0.2) is 19.1 Å². The number of hydrogen-bond donors (Lipinski definition) is 1. The molecule has 80 valence electrons. The SMILES string of the molecule is COc1cc2cc[nH]c2cc1[B-](F)(F)F. The Hall–Kier alpha value is -1.59. The highest BCUT2D eigenvalue weighted by Gasteiger charge is 2.29. The zero-order valence-electron chi connectivity index (χ0n) is 7.93. The van der Waals surface area contributed by atoms with Crippen molar-refractivity contribution in [2.24, 2.45) is 0 Å². The number of hydrogen-bond acceptors (Lipinski definition) is 1. The number of benzene rings is 1. The van der Waals surface area contributed by atoms with Crippen molar-refractivity contribution in [1.82, 2.24) is 4.98 Å². The van der Waals surface area contributed by atoms with Crippen molar-refractivity contribution in [3.63, 3.8) is 0 Å². The van der Waals surface area contributed by atoms with Crippen molar-refractivity contribution < 1.29 is 17.7 Å². The predicted molar refractivity (Wildman–Crippen MR) is 53.6 cm³/mol. The third kappa shape index (κ3) is 1.67. The average molecular weight is 214 g/mol. The summed E-state index contributed by atoms with van der Waals surface area (Å²) in [6, 6.07) is 4.16. The van der Waals surface area contributed by atoms with Gasteiger partial charge in [-0.05, 0) is 12.1 Å². The van der Waals surface area contributed by atoms with E-state index in [0.29, 0.717) is 10.9 Å². The maximum atomic E-state index is 12.6. The van der Waals surface area contributed by atoms with Gasteiger partial charge in [0.25, 0.3) is 0 Å². The van der Waals surface area contributed by atoms with Crippen LogP contribution in [0.1, 0.15) is 0 Å². The summed E-state index contributed by atoms with van der Waals surface area (Å²) in [5, 5.41) is 0.704. The second-order valence-electron chi connectivity index (χ2n) is 3.23. The first-order valence-electron chi connectivity index (χ1n) is 4.37. The maximum Gasteiger partial charge on any atom is 0.513 e. The molecule has 0 unspecified atom stereocenters. The van der Waals surface area contributed by atoms with Crippen molar-refractivity contribution in [2.45, 2.75) is 0 Å². The Labute approximate surface area is 84.1 Å². The highest BCUT2D eigenvalue weighted by Crippen LogP contribution is 2.23. The van der Waals surface area contributed by atoms with Crippen molar-refractivity contribution in [2.75, 3.05) is 7.11 Å². The summed E-state index contributed by atoms with van der Waals surface area (Å²) < 4.78 is 42.6. The van der Waals surface area contributed by atoms with E-state index in [9.17, 15) is 12.9 Å². The third-order valence-electron chi connectivity index (χ3n) is 2.26. The molecule has 1 heterocycles. The van der Waals surface area contributed by atoms with E-state index in [1.807, 2.05) is 0 Å². The summed E-state index contributed by atoms with van der Waals surface area (Å²) in [6.07, 6.45) is 1.59. The van der Waals surface area contributed by atoms with Crippen LogP contribution in [0.4, 0.5) is 12.9 Å². The van der Waals surface area contributed by atoms with E-state index in [4.69, 9.17) is 4.74 Å². The molecule has 0 atom stereocenters. The average Bonchev–Trinajstić information content (AvgIpc) is 2.60. The second kappa shape index (κ2) is 3.22. The minimum atomic E-state index is -5.04. The van der Waals surface area contributed by atoms with Crippen LogP contribution >= 0.6 is 0 Å². The predicted octanol–water partition coefficient (Wildman–Crippen LogP) is 2.23. The molecular formula is C9H8BF3NO-. The fourth-order valence-corrected chi connectivity index (χ4v) is 1.53. The molecule has 2 rings (SSSR count). The van der Waals surface area contributed by atoms with Crippen LogP contribution in [0.3, 0.4) is 0 Å². The van der Waals surface area contributed by atoms with Crippen LogP contribution in [0, 0.1) is 0 Å². The Balaban J connectivity index is 2.70. The number of rotatable bonds is 2. The number of aromatic amines is 1. The van der Waals surface area contributed by atoms with Crippen LogP contribution in [0.2, 0.25) is 0 Å². The molecule has 0 aliphatic rings. The number of aromatic nitrogens is 1. The van der Waals surface area contributed by atoms with Crippen molar-refractivity contribution in [3.05, 3.63) is 24.4 Å². The number of nitrogens with one attached hydrogen (secondary N) is 1. The highest BCUT2D eigenvalue weighted by molar-refractivity contribution is 6.74. The summed E-state index contributed by atoms with van der Waals surface area (Å²) in [4.78, 5) is 2.74. The van der Waals surface area contributed by atoms with Gasteiger partial charge in [-0.25, -0.2) is 0 Å². The Bertz CT molecular complexity index is 492. The van der Waals surface area contributed by atoms with E-state index in [-0.39, 0.29) is 5.75 Å². The van der Waals surface area contributed by atoms with Gasteiger partial charge in [-0.2, -0.15) is 0 Å². The Kier molecular flexibility index (Phi) is 2.14. The van der Waals surface area contributed by atoms with Gasteiger partial charge >= 0.3 is 6.98 Å². The van der Waals surface area contributed by atoms with E-state index in [1.54, 1.807) is 12.3 Å². The molecule has 0 saturated heterocycles. The Morgan fingerprint density at radius 1 is 1.27 bits per heavy atom. The van der Waals surface area contributed by atoms with Gasteiger partial charge in [0, 0.05) is 17.1 Å². The van der Waals surface area contributed by atoms with E-state index in [2.05, 4.69) is 4.98 Å². The molecule has 1 N–H and O–H groups in total. The van der Waals surface area contributed by atoms with Crippen LogP contribution in [0.15, 0.2) is 24.4 Å². The second-order valence-corrected chi connectivity index (χ2v) is 3.23.